The van der Waals surface area contributed by atoms with Crippen molar-refractivity contribution < 1.29 is 14.7 Å². The number of hydrogen-bond donors (Lipinski definition) is 2. The quantitative estimate of drug-likeness (QED) is 0.823. The van der Waals surface area contributed by atoms with Gasteiger partial charge in [-0.3, -0.25) is 0 Å². The molecule has 2 atom stereocenters. The van der Waals surface area contributed by atoms with E-state index in [0.29, 0.717) is 18.3 Å². The van der Waals surface area contributed by atoms with Crippen LogP contribution in [0.3, 0.4) is 0 Å². The second-order valence-corrected chi connectivity index (χ2v) is 5.67. The minimum atomic E-state index is -0.967. The molecule has 0 radical (unpaired) electrons. The van der Waals surface area contributed by atoms with Gasteiger partial charge < -0.3 is 15.3 Å². The third-order valence-electron chi connectivity index (χ3n) is 4.01. The fraction of sp³-hybridized carbons (Fsp3) is 0.857. The standard InChI is InChI=1S/C14H26N2O3/c1-4-12(13(17)18)15-14(19)16-8-5-6-11(7-9-16)10(2)3/h10-12H,4-9H2,1-3H3,(H,15,19)(H,17,18)/t11?,12-/m1/s1. The van der Waals surface area contributed by atoms with Gasteiger partial charge in [-0.2, -0.15) is 0 Å². The van der Waals surface area contributed by atoms with Gasteiger partial charge in [-0.15, -0.1) is 0 Å². The monoisotopic (exact) mass is 270 g/mol. The number of carbonyl (C=O) groups is 2. The molecule has 1 fully saturated rings. The number of carbonyl (C=O) groups excluding carboxylic acids is 1. The van der Waals surface area contributed by atoms with Crippen molar-refractivity contribution in [3.63, 3.8) is 0 Å². The van der Waals surface area contributed by atoms with Gasteiger partial charge in [0.1, 0.15) is 6.04 Å². The van der Waals surface area contributed by atoms with Gasteiger partial charge in [-0.25, -0.2) is 9.59 Å². The summed E-state index contributed by atoms with van der Waals surface area (Å²) in [6.07, 6.45) is 3.57. The van der Waals surface area contributed by atoms with Crippen LogP contribution in [0.25, 0.3) is 0 Å². The summed E-state index contributed by atoms with van der Waals surface area (Å²) in [7, 11) is 0. The van der Waals surface area contributed by atoms with E-state index >= 15 is 0 Å². The fourth-order valence-corrected chi connectivity index (χ4v) is 2.57. The third-order valence-corrected chi connectivity index (χ3v) is 4.01. The number of hydrogen-bond acceptors (Lipinski definition) is 2. The lowest BCUT2D eigenvalue weighted by Crippen LogP contribution is -2.48. The molecule has 0 spiro atoms. The van der Waals surface area contributed by atoms with Gasteiger partial charge in [-0.05, 0) is 37.5 Å². The lowest BCUT2D eigenvalue weighted by atomic mass is 9.89. The summed E-state index contributed by atoms with van der Waals surface area (Å²) in [5, 5.41) is 11.6. The molecular weight excluding hydrogens is 244 g/mol. The Kier molecular flexibility index (Phi) is 6.12. The molecule has 0 aliphatic carbocycles. The molecule has 0 saturated carbocycles. The third kappa shape index (κ3) is 4.73. The fourth-order valence-electron chi connectivity index (χ4n) is 2.57. The highest BCUT2D eigenvalue weighted by molar-refractivity contribution is 5.82. The molecule has 1 heterocycles. The Balaban J connectivity index is 2.51. The molecule has 0 bridgehead atoms. The molecule has 1 aliphatic rings. The van der Waals surface area contributed by atoms with Crippen LogP contribution >= 0.6 is 0 Å². The van der Waals surface area contributed by atoms with E-state index in [1.54, 1.807) is 11.8 Å². The first kappa shape index (κ1) is 15.8. The van der Waals surface area contributed by atoms with Crippen LogP contribution in [-0.2, 0) is 4.79 Å². The summed E-state index contributed by atoms with van der Waals surface area (Å²) in [4.78, 5) is 24.7. The second-order valence-electron chi connectivity index (χ2n) is 5.67. The van der Waals surface area contributed by atoms with Gasteiger partial charge in [-0.1, -0.05) is 20.8 Å². The van der Waals surface area contributed by atoms with E-state index in [-0.39, 0.29) is 6.03 Å². The topological polar surface area (TPSA) is 69.6 Å². The summed E-state index contributed by atoms with van der Waals surface area (Å²) in [5.74, 6) is 0.343. The van der Waals surface area contributed by atoms with Crippen molar-refractivity contribution in [1.82, 2.24) is 10.2 Å². The molecule has 1 saturated heterocycles. The zero-order chi connectivity index (χ0) is 14.4. The van der Waals surface area contributed by atoms with E-state index in [4.69, 9.17) is 5.11 Å². The van der Waals surface area contributed by atoms with Crippen molar-refractivity contribution in [2.45, 2.75) is 52.5 Å². The van der Waals surface area contributed by atoms with Crippen molar-refractivity contribution in [2.24, 2.45) is 11.8 Å². The largest absolute Gasteiger partial charge is 0.480 e. The number of likely N-dealkylation sites (tertiary alicyclic amines) is 1. The summed E-state index contributed by atoms with van der Waals surface area (Å²) in [6, 6.07) is -1.02. The molecule has 1 rings (SSSR count). The number of carboxylic acid groups (broad SMARTS) is 1. The van der Waals surface area contributed by atoms with Crippen molar-refractivity contribution in [3.05, 3.63) is 0 Å². The van der Waals surface area contributed by atoms with E-state index in [1.807, 2.05) is 0 Å². The molecule has 2 amide bonds. The predicted octanol–water partition coefficient (Wildman–Crippen LogP) is 2.32. The van der Waals surface area contributed by atoms with Crippen LogP contribution in [0.5, 0.6) is 0 Å². The number of carboxylic acids is 1. The second kappa shape index (κ2) is 7.36. The Bertz CT molecular complexity index is 318. The average Bonchev–Trinajstić information content (AvgIpc) is 2.60. The Morgan fingerprint density at radius 1 is 1.32 bits per heavy atom. The summed E-state index contributed by atoms with van der Waals surface area (Å²) in [5.41, 5.74) is 0. The number of aliphatic carboxylic acids is 1. The molecule has 0 aromatic carbocycles. The number of nitrogens with one attached hydrogen (secondary N) is 1. The summed E-state index contributed by atoms with van der Waals surface area (Å²) < 4.78 is 0. The van der Waals surface area contributed by atoms with Crippen LogP contribution in [0.15, 0.2) is 0 Å². The van der Waals surface area contributed by atoms with Crippen LogP contribution in [0.4, 0.5) is 4.79 Å². The van der Waals surface area contributed by atoms with Crippen LogP contribution in [-0.4, -0.2) is 41.1 Å². The molecule has 19 heavy (non-hydrogen) atoms. The number of rotatable bonds is 4. The zero-order valence-electron chi connectivity index (χ0n) is 12.2. The SMILES string of the molecule is CC[C@@H](NC(=O)N1CCCC(C(C)C)CC1)C(=O)O. The van der Waals surface area contributed by atoms with Crippen LogP contribution in [0.1, 0.15) is 46.5 Å². The Morgan fingerprint density at radius 3 is 2.53 bits per heavy atom. The van der Waals surface area contributed by atoms with Crippen LogP contribution in [0.2, 0.25) is 0 Å². The van der Waals surface area contributed by atoms with Crippen LogP contribution < -0.4 is 5.32 Å². The van der Waals surface area contributed by atoms with Gasteiger partial charge in [0.2, 0.25) is 0 Å². The van der Waals surface area contributed by atoms with Gasteiger partial charge in [0.05, 0.1) is 0 Å². The first-order valence-electron chi connectivity index (χ1n) is 7.24. The molecule has 0 aromatic rings. The van der Waals surface area contributed by atoms with E-state index in [9.17, 15) is 9.59 Å². The summed E-state index contributed by atoms with van der Waals surface area (Å²) >= 11 is 0. The Labute approximate surface area is 115 Å². The van der Waals surface area contributed by atoms with Crippen LogP contribution in [0, 0.1) is 11.8 Å². The number of nitrogens with zero attached hydrogens (tertiary/aromatic N) is 1. The summed E-state index contributed by atoms with van der Waals surface area (Å²) in [6.45, 7) is 7.65. The van der Waals surface area contributed by atoms with Crippen molar-refractivity contribution >= 4 is 12.0 Å². The first-order chi connectivity index (χ1) is 8.95. The zero-order valence-corrected chi connectivity index (χ0v) is 12.2. The highest BCUT2D eigenvalue weighted by Gasteiger charge is 2.25. The molecule has 5 nitrogen and oxygen atoms in total. The smallest absolute Gasteiger partial charge is 0.326 e. The molecule has 1 aliphatic heterocycles. The lowest BCUT2D eigenvalue weighted by molar-refractivity contribution is -0.139. The van der Waals surface area contributed by atoms with Gasteiger partial charge in [0.15, 0.2) is 0 Å². The molecule has 0 aromatic heterocycles. The van der Waals surface area contributed by atoms with E-state index < -0.39 is 12.0 Å². The number of urea groups is 1. The molecule has 2 N–H and O–H groups in total. The van der Waals surface area contributed by atoms with Crippen molar-refractivity contribution in [1.29, 1.82) is 0 Å². The molecule has 1 unspecified atom stereocenters. The Hall–Kier alpha value is -1.26. The highest BCUT2D eigenvalue weighted by atomic mass is 16.4. The molecule has 110 valence electrons. The minimum Gasteiger partial charge on any atom is -0.480 e. The first-order valence-corrected chi connectivity index (χ1v) is 7.24. The van der Waals surface area contributed by atoms with Gasteiger partial charge >= 0.3 is 12.0 Å². The molecular formula is C14H26N2O3. The normalized spacial score (nSPS) is 21.9. The lowest BCUT2D eigenvalue weighted by Gasteiger charge is -2.23. The van der Waals surface area contributed by atoms with Crippen molar-refractivity contribution in [2.75, 3.05) is 13.1 Å². The number of amides is 2. The van der Waals surface area contributed by atoms with Gasteiger partial charge in [0, 0.05) is 13.1 Å². The maximum atomic E-state index is 12.1. The van der Waals surface area contributed by atoms with E-state index in [0.717, 1.165) is 32.4 Å². The van der Waals surface area contributed by atoms with E-state index in [2.05, 4.69) is 19.2 Å². The van der Waals surface area contributed by atoms with E-state index in [1.165, 1.54) is 0 Å². The minimum absolute atomic E-state index is 0.237. The van der Waals surface area contributed by atoms with Crippen molar-refractivity contribution in [3.8, 4) is 0 Å². The maximum absolute atomic E-state index is 12.1. The maximum Gasteiger partial charge on any atom is 0.326 e. The predicted molar refractivity (Wildman–Crippen MR) is 74.0 cm³/mol. The average molecular weight is 270 g/mol. The highest BCUT2D eigenvalue weighted by Crippen LogP contribution is 2.24. The Morgan fingerprint density at radius 2 is 2.00 bits per heavy atom. The molecule has 5 heteroatoms. The van der Waals surface area contributed by atoms with Gasteiger partial charge in [0.25, 0.3) is 0 Å².